The van der Waals surface area contributed by atoms with E-state index in [4.69, 9.17) is 0 Å². The summed E-state index contributed by atoms with van der Waals surface area (Å²) in [6, 6.07) is 5.19. The largest absolute Gasteiger partial charge is 0.309 e. The number of nitrogens with zero attached hydrogens (tertiary/aromatic N) is 1. The van der Waals surface area contributed by atoms with Crippen LogP contribution in [-0.2, 0) is 4.79 Å². The molecule has 0 aliphatic heterocycles. The second-order valence-corrected chi connectivity index (χ2v) is 7.08. The van der Waals surface area contributed by atoms with Gasteiger partial charge in [0.2, 0.25) is 5.91 Å². The quantitative estimate of drug-likeness (QED) is 0.586. The molecule has 0 aliphatic rings. The summed E-state index contributed by atoms with van der Waals surface area (Å²) in [6.45, 7) is 12.1. The molecule has 0 unspecified atom stereocenters. The fraction of sp³-hybridized carbons (Fsp3) is 0.650. The highest BCUT2D eigenvalue weighted by Gasteiger charge is 2.34. The summed E-state index contributed by atoms with van der Waals surface area (Å²) in [7, 11) is 0. The van der Waals surface area contributed by atoms with E-state index in [-0.39, 0.29) is 17.8 Å². The Kier molecular flexibility index (Phi) is 7.24. The van der Waals surface area contributed by atoms with Gasteiger partial charge in [-0.1, -0.05) is 47.5 Å². The molecular weight excluding hydrogens is 289 g/mol. The van der Waals surface area contributed by atoms with Gasteiger partial charge in [-0.25, -0.2) is 4.39 Å². The molecule has 0 heterocycles. The minimum absolute atomic E-state index is 0.137. The van der Waals surface area contributed by atoms with Crippen molar-refractivity contribution in [3.63, 3.8) is 0 Å². The average Bonchev–Trinajstić information content (AvgIpc) is 2.51. The number of rotatable bonds is 8. The highest BCUT2D eigenvalue weighted by atomic mass is 19.1. The van der Waals surface area contributed by atoms with Crippen LogP contribution in [0.25, 0.3) is 0 Å². The van der Waals surface area contributed by atoms with E-state index in [9.17, 15) is 9.18 Å². The first-order valence-electron chi connectivity index (χ1n) is 8.88. The Hall–Kier alpha value is -1.38. The highest BCUT2D eigenvalue weighted by molar-refractivity contribution is 5.97. The Morgan fingerprint density at radius 1 is 1.17 bits per heavy atom. The Morgan fingerprint density at radius 3 is 2.17 bits per heavy atom. The number of hydrogen-bond acceptors (Lipinski definition) is 1. The van der Waals surface area contributed by atoms with Gasteiger partial charge in [0.1, 0.15) is 5.82 Å². The van der Waals surface area contributed by atoms with Gasteiger partial charge in [-0.15, -0.1) is 0 Å². The number of aryl methyl sites for hydroxylation is 1. The van der Waals surface area contributed by atoms with Gasteiger partial charge in [-0.05, 0) is 49.9 Å². The van der Waals surface area contributed by atoms with Crippen LogP contribution in [0, 0.1) is 18.2 Å². The molecule has 0 aliphatic carbocycles. The van der Waals surface area contributed by atoms with Crippen molar-refractivity contribution in [1.29, 1.82) is 0 Å². The predicted octanol–water partition coefficient (Wildman–Crippen LogP) is 5.87. The summed E-state index contributed by atoms with van der Waals surface area (Å²) in [6.07, 6.45) is 4.78. The monoisotopic (exact) mass is 321 g/mol. The molecule has 3 heteroatoms. The van der Waals surface area contributed by atoms with Crippen molar-refractivity contribution >= 4 is 11.6 Å². The van der Waals surface area contributed by atoms with E-state index in [1.807, 2.05) is 25.7 Å². The zero-order chi connectivity index (χ0) is 17.6. The second-order valence-electron chi connectivity index (χ2n) is 7.08. The maximum absolute atomic E-state index is 13.7. The summed E-state index contributed by atoms with van der Waals surface area (Å²) < 4.78 is 13.7. The van der Waals surface area contributed by atoms with Crippen LogP contribution in [0.15, 0.2) is 18.2 Å². The third-order valence-corrected chi connectivity index (χ3v) is 4.71. The third kappa shape index (κ3) is 4.79. The number of hydrogen-bond donors (Lipinski definition) is 0. The molecule has 0 spiro atoms. The first-order chi connectivity index (χ1) is 10.8. The molecule has 0 atom stereocenters. The lowest BCUT2D eigenvalue weighted by Crippen LogP contribution is -2.47. The Balaban J connectivity index is 3.34. The Labute approximate surface area is 141 Å². The van der Waals surface area contributed by atoms with E-state index in [1.54, 1.807) is 19.1 Å². The van der Waals surface area contributed by atoms with Crippen molar-refractivity contribution in [1.82, 2.24) is 0 Å². The lowest BCUT2D eigenvalue weighted by molar-refractivity contribution is -0.127. The summed E-state index contributed by atoms with van der Waals surface area (Å²) in [4.78, 5) is 15.1. The van der Waals surface area contributed by atoms with Gasteiger partial charge in [-0.3, -0.25) is 4.79 Å². The van der Waals surface area contributed by atoms with E-state index in [0.29, 0.717) is 5.56 Å². The molecule has 0 saturated heterocycles. The Bertz CT molecular complexity index is 518. The van der Waals surface area contributed by atoms with Crippen LogP contribution in [0.3, 0.4) is 0 Å². The number of halogens is 1. The van der Waals surface area contributed by atoms with Gasteiger partial charge in [-0.2, -0.15) is 0 Å². The fourth-order valence-electron chi connectivity index (χ4n) is 2.82. The van der Waals surface area contributed by atoms with Crippen LogP contribution >= 0.6 is 0 Å². The normalized spacial score (nSPS) is 11.8. The molecule has 1 rings (SSSR count). The van der Waals surface area contributed by atoms with Crippen molar-refractivity contribution in [3.8, 4) is 0 Å². The minimum Gasteiger partial charge on any atom is -0.309 e. The molecule has 1 aromatic rings. The Morgan fingerprint density at radius 2 is 1.74 bits per heavy atom. The molecule has 0 bridgehead atoms. The first-order valence-corrected chi connectivity index (χ1v) is 8.88. The minimum atomic E-state index is -0.415. The van der Waals surface area contributed by atoms with Crippen molar-refractivity contribution < 1.29 is 9.18 Å². The second kappa shape index (κ2) is 8.47. The molecule has 1 aromatic carbocycles. The van der Waals surface area contributed by atoms with E-state index in [0.717, 1.165) is 37.8 Å². The molecular formula is C20H32FNO. The van der Waals surface area contributed by atoms with Gasteiger partial charge in [0, 0.05) is 17.1 Å². The van der Waals surface area contributed by atoms with E-state index < -0.39 is 5.41 Å². The number of benzene rings is 1. The zero-order valence-corrected chi connectivity index (χ0v) is 15.6. The van der Waals surface area contributed by atoms with Crippen LogP contribution in [-0.4, -0.2) is 11.9 Å². The van der Waals surface area contributed by atoms with Crippen LogP contribution in [0.2, 0.25) is 0 Å². The third-order valence-electron chi connectivity index (χ3n) is 4.71. The van der Waals surface area contributed by atoms with Crippen LogP contribution in [0.4, 0.5) is 10.1 Å². The summed E-state index contributed by atoms with van der Waals surface area (Å²) >= 11 is 0. The number of carbonyl (C=O) groups is 1. The molecule has 0 fully saturated rings. The molecule has 2 nitrogen and oxygen atoms in total. The molecule has 23 heavy (non-hydrogen) atoms. The number of anilines is 1. The lowest BCUT2D eigenvalue weighted by atomic mass is 9.87. The van der Waals surface area contributed by atoms with Crippen molar-refractivity contribution in [2.24, 2.45) is 5.41 Å². The average molecular weight is 321 g/mol. The van der Waals surface area contributed by atoms with E-state index in [1.165, 1.54) is 6.07 Å². The standard InChI is InChI=1S/C20H32FNO/c1-7-10-16(11-8-2)22(19(23)20(5,6)9-3)17-12-13-18(21)15(4)14-17/h12-14,16H,7-11H2,1-6H3. The van der Waals surface area contributed by atoms with Crippen LogP contribution < -0.4 is 4.90 Å². The molecule has 0 radical (unpaired) electrons. The summed E-state index contributed by atoms with van der Waals surface area (Å²) in [5, 5.41) is 0. The summed E-state index contributed by atoms with van der Waals surface area (Å²) in [5.41, 5.74) is 0.992. The fourth-order valence-corrected chi connectivity index (χ4v) is 2.82. The predicted molar refractivity (Wildman–Crippen MR) is 96.3 cm³/mol. The number of carbonyl (C=O) groups excluding carboxylic acids is 1. The van der Waals surface area contributed by atoms with Crippen molar-refractivity contribution in [2.75, 3.05) is 4.90 Å². The van der Waals surface area contributed by atoms with Gasteiger partial charge < -0.3 is 4.90 Å². The van der Waals surface area contributed by atoms with E-state index in [2.05, 4.69) is 13.8 Å². The molecule has 1 amide bonds. The molecule has 0 N–H and O–H groups in total. The van der Waals surface area contributed by atoms with Gasteiger partial charge in [0.15, 0.2) is 0 Å². The maximum Gasteiger partial charge on any atom is 0.232 e. The zero-order valence-electron chi connectivity index (χ0n) is 15.6. The first kappa shape index (κ1) is 19.7. The van der Waals surface area contributed by atoms with E-state index >= 15 is 0 Å². The molecule has 0 aromatic heterocycles. The number of amides is 1. The van der Waals surface area contributed by atoms with Gasteiger partial charge >= 0.3 is 0 Å². The van der Waals surface area contributed by atoms with Gasteiger partial charge in [0.05, 0.1) is 0 Å². The summed E-state index contributed by atoms with van der Waals surface area (Å²) in [5.74, 6) is -0.0867. The molecule has 0 saturated carbocycles. The van der Waals surface area contributed by atoms with Crippen molar-refractivity contribution in [2.45, 2.75) is 79.7 Å². The topological polar surface area (TPSA) is 20.3 Å². The molecule has 130 valence electrons. The SMILES string of the molecule is CCCC(CCC)N(C(=O)C(C)(C)CC)c1ccc(F)c(C)c1. The lowest BCUT2D eigenvalue weighted by Gasteiger charge is -2.37. The van der Waals surface area contributed by atoms with Crippen LogP contribution in [0.1, 0.15) is 72.3 Å². The van der Waals surface area contributed by atoms with Crippen LogP contribution in [0.5, 0.6) is 0 Å². The smallest absolute Gasteiger partial charge is 0.232 e. The maximum atomic E-state index is 13.7. The van der Waals surface area contributed by atoms with Crippen molar-refractivity contribution in [3.05, 3.63) is 29.6 Å². The van der Waals surface area contributed by atoms with Gasteiger partial charge in [0.25, 0.3) is 0 Å². The highest BCUT2D eigenvalue weighted by Crippen LogP contribution is 2.31.